The van der Waals surface area contributed by atoms with E-state index >= 15 is 0 Å². The van der Waals surface area contributed by atoms with Crippen LogP contribution >= 0.6 is 11.8 Å². The average Bonchev–Trinajstić information content (AvgIpc) is 2.42. The summed E-state index contributed by atoms with van der Waals surface area (Å²) in [6.45, 7) is 2.01. The normalized spacial score (nSPS) is 11.9. The van der Waals surface area contributed by atoms with E-state index in [4.69, 9.17) is 5.11 Å². The highest BCUT2D eigenvalue weighted by Crippen LogP contribution is 2.06. The number of carboxylic acid groups (broad SMARTS) is 1. The van der Waals surface area contributed by atoms with Crippen molar-refractivity contribution >= 4 is 23.6 Å². The van der Waals surface area contributed by atoms with Gasteiger partial charge in [0.15, 0.2) is 0 Å². The molecule has 110 valence electrons. The Kier molecular flexibility index (Phi) is 7.15. The molecule has 1 aromatic carbocycles. The molecular weight excluding hydrogens is 274 g/mol. The maximum Gasteiger partial charge on any atom is 0.326 e. The Morgan fingerprint density at radius 2 is 1.95 bits per heavy atom. The zero-order valence-electron chi connectivity index (χ0n) is 11.9. The summed E-state index contributed by atoms with van der Waals surface area (Å²) in [6, 6.07) is 7.21. The highest BCUT2D eigenvalue weighted by atomic mass is 32.2. The lowest BCUT2D eigenvalue weighted by atomic mass is 10.1. The van der Waals surface area contributed by atoms with E-state index in [9.17, 15) is 9.59 Å². The Labute approximate surface area is 124 Å². The zero-order chi connectivity index (χ0) is 15.0. The van der Waals surface area contributed by atoms with Crippen molar-refractivity contribution in [3.05, 3.63) is 35.4 Å². The van der Waals surface area contributed by atoms with Crippen molar-refractivity contribution in [2.24, 2.45) is 0 Å². The summed E-state index contributed by atoms with van der Waals surface area (Å²) in [5, 5.41) is 11.6. The maximum atomic E-state index is 11.8. The number of aryl methyl sites for hydroxylation is 2. The maximum absolute atomic E-state index is 11.8. The molecule has 4 nitrogen and oxygen atoms in total. The average molecular weight is 295 g/mol. The van der Waals surface area contributed by atoms with Gasteiger partial charge in [-0.15, -0.1) is 0 Å². The molecule has 0 spiro atoms. The number of carboxylic acids is 1. The fourth-order valence-electron chi connectivity index (χ4n) is 1.77. The standard InChI is InChI=1S/C15H21NO3S/c1-11-3-5-12(6-4-11)7-8-14(17)16-13(15(18)19)9-10-20-2/h3-6,13H,7-10H2,1-2H3,(H,16,17)(H,18,19)/t13-/m1/s1. The van der Waals surface area contributed by atoms with Gasteiger partial charge in [0, 0.05) is 6.42 Å². The molecule has 1 atom stereocenters. The molecular formula is C15H21NO3S. The number of nitrogens with one attached hydrogen (secondary N) is 1. The third-order valence-corrected chi connectivity index (χ3v) is 3.65. The Bertz CT molecular complexity index is 445. The number of amides is 1. The Morgan fingerprint density at radius 1 is 1.30 bits per heavy atom. The van der Waals surface area contributed by atoms with Gasteiger partial charge in [-0.3, -0.25) is 4.79 Å². The minimum atomic E-state index is -0.970. The van der Waals surface area contributed by atoms with E-state index in [1.165, 1.54) is 5.56 Å². The van der Waals surface area contributed by atoms with Gasteiger partial charge in [-0.2, -0.15) is 11.8 Å². The van der Waals surface area contributed by atoms with Crippen molar-refractivity contribution < 1.29 is 14.7 Å². The number of carbonyl (C=O) groups is 2. The molecule has 0 aliphatic rings. The molecule has 1 rings (SSSR count). The van der Waals surface area contributed by atoms with Gasteiger partial charge >= 0.3 is 5.97 Å². The zero-order valence-corrected chi connectivity index (χ0v) is 12.7. The van der Waals surface area contributed by atoms with E-state index in [1.807, 2.05) is 37.4 Å². The second kappa shape index (κ2) is 8.64. The van der Waals surface area contributed by atoms with E-state index in [0.717, 1.165) is 11.3 Å². The summed E-state index contributed by atoms with van der Waals surface area (Å²) in [4.78, 5) is 22.8. The second-order valence-electron chi connectivity index (χ2n) is 4.73. The molecule has 1 amide bonds. The first-order valence-electron chi connectivity index (χ1n) is 6.59. The predicted molar refractivity (Wildman–Crippen MR) is 82.1 cm³/mol. The summed E-state index contributed by atoms with van der Waals surface area (Å²) in [7, 11) is 0. The fraction of sp³-hybridized carbons (Fsp3) is 0.467. The van der Waals surface area contributed by atoms with Crippen molar-refractivity contribution in [1.29, 1.82) is 0 Å². The lowest BCUT2D eigenvalue weighted by molar-refractivity contribution is -0.141. The summed E-state index contributed by atoms with van der Waals surface area (Å²) < 4.78 is 0. The van der Waals surface area contributed by atoms with Crippen LogP contribution in [0.25, 0.3) is 0 Å². The molecule has 0 aliphatic heterocycles. The summed E-state index contributed by atoms with van der Waals surface area (Å²) in [5.74, 6) is -0.461. The quantitative estimate of drug-likeness (QED) is 0.772. The third kappa shape index (κ3) is 6.10. The smallest absolute Gasteiger partial charge is 0.326 e. The lowest BCUT2D eigenvalue weighted by Gasteiger charge is -2.13. The van der Waals surface area contributed by atoms with Gasteiger partial charge in [0.25, 0.3) is 0 Å². The number of thioether (sulfide) groups is 1. The molecule has 0 radical (unpaired) electrons. The molecule has 1 aromatic rings. The monoisotopic (exact) mass is 295 g/mol. The van der Waals surface area contributed by atoms with Crippen LogP contribution < -0.4 is 5.32 Å². The molecule has 2 N–H and O–H groups in total. The van der Waals surface area contributed by atoms with E-state index < -0.39 is 12.0 Å². The Morgan fingerprint density at radius 3 is 2.50 bits per heavy atom. The van der Waals surface area contributed by atoms with Gasteiger partial charge in [-0.05, 0) is 37.3 Å². The summed E-state index contributed by atoms with van der Waals surface area (Å²) >= 11 is 1.57. The third-order valence-electron chi connectivity index (χ3n) is 3.01. The predicted octanol–water partition coefficient (Wildman–Crippen LogP) is 2.25. The minimum absolute atomic E-state index is 0.209. The first-order chi connectivity index (χ1) is 9.52. The van der Waals surface area contributed by atoms with Crippen molar-refractivity contribution in [2.45, 2.75) is 32.2 Å². The number of rotatable bonds is 8. The van der Waals surface area contributed by atoms with E-state index in [2.05, 4.69) is 5.32 Å². The van der Waals surface area contributed by atoms with Crippen LogP contribution in [0, 0.1) is 6.92 Å². The van der Waals surface area contributed by atoms with Crippen molar-refractivity contribution in [2.75, 3.05) is 12.0 Å². The molecule has 0 saturated carbocycles. The molecule has 5 heteroatoms. The van der Waals surface area contributed by atoms with Crippen LogP contribution in [0.1, 0.15) is 24.0 Å². The van der Waals surface area contributed by atoms with E-state index in [-0.39, 0.29) is 5.91 Å². The molecule has 0 bridgehead atoms. The number of benzene rings is 1. The van der Waals surface area contributed by atoms with Crippen LogP contribution in [-0.2, 0) is 16.0 Å². The van der Waals surface area contributed by atoms with E-state index in [1.54, 1.807) is 11.8 Å². The van der Waals surface area contributed by atoms with Crippen molar-refractivity contribution in [3.8, 4) is 0 Å². The van der Waals surface area contributed by atoms with Gasteiger partial charge in [0.1, 0.15) is 6.04 Å². The molecule has 0 heterocycles. The van der Waals surface area contributed by atoms with Gasteiger partial charge < -0.3 is 10.4 Å². The molecule has 0 aromatic heterocycles. The number of carbonyl (C=O) groups excluding carboxylic acids is 1. The lowest BCUT2D eigenvalue weighted by Crippen LogP contribution is -2.41. The van der Waals surface area contributed by atoms with Gasteiger partial charge in [0.2, 0.25) is 5.91 Å². The van der Waals surface area contributed by atoms with Crippen LogP contribution in [0.5, 0.6) is 0 Å². The van der Waals surface area contributed by atoms with Crippen molar-refractivity contribution in [3.63, 3.8) is 0 Å². The topological polar surface area (TPSA) is 66.4 Å². The molecule has 0 unspecified atom stereocenters. The summed E-state index contributed by atoms with van der Waals surface area (Å²) in [6.07, 6.45) is 3.30. The Hall–Kier alpha value is -1.49. The van der Waals surface area contributed by atoms with Crippen LogP contribution in [0.15, 0.2) is 24.3 Å². The van der Waals surface area contributed by atoms with Gasteiger partial charge in [-0.25, -0.2) is 4.79 Å². The highest BCUT2D eigenvalue weighted by molar-refractivity contribution is 7.98. The van der Waals surface area contributed by atoms with Crippen LogP contribution in [0.4, 0.5) is 0 Å². The SMILES string of the molecule is CSCC[C@@H](NC(=O)CCc1ccc(C)cc1)C(=O)O. The van der Waals surface area contributed by atoms with Crippen LogP contribution in [-0.4, -0.2) is 35.0 Å². The number of hydrogen-bond donors (Lipinski definition) is 2. The first-order valence-corrected chi connectivity index (χ1v) is 7.99. The molecule has 0 aliphatic carbocycles. The fourth-order valence-corrected chi connectivity index (χ4v) is 2.24. The summed E-state index contributed by atoms with van der Waals surface area (Å²) in [5.41, 5.74) is 2.27. The molecule has 0 saturated heterocycles. The first kappa shape index (κ1) is 16.6. The second-order valence-corrected chi connectivity index (χ2v) is 5.71. The van der Waals surface area contributed by atoms with Crippen LogP contribution in [0.2, 0.25) is 0 Å². The van der Waals surface area contributed by atoms with E-state index in [0.29, 0.717) is 19.3 Å². The van der Waals surface area contributed by atoms with Crippen molar-refractivity contribution in [1.82, 2.24) is 5.32 Å². The van der Waals surface area contributed by atoms with Gasteiger partial charge in [-0.1, -0.05) is 29.8 Å². The molecule has 20 heavy (non-hydrogen) atoms. The van der Waals surface area contributed by atoms with Gasteiger partial charge in [0.05, 0.1) is 0 Å². The largest absolute Gasteiger partial charge is 0.480 e. The molecule has 0 fully saturated rings. The van der Waals surface area contributed by atoms with Crippen LogP contribution in [0.3, 0.4) is 0 Å². The Balaban J connectivity index is 2.41. The highest BCUT2D eigenvalue weighted by Gasteiger charge is 2.18. The number of hydrogen-bond acceptors (Lipinski definition) is 3. The minimum Gasteiger partial charge on any atom is -0.480 e. The number of aliphatic carboxylic acids is 1.